The van der Waals surface area contributed by atoms with Gasteiger partial charge in [0.2, 0.25) is 0 Å². The molecule has 1 unspecified atom stereocenters. The zero-order valence-corrected chi connectivity index (χ0v) is 11.8. The van der Waals surface area contributed by atoms with Crippen LogP contribution in [0.15, 0.2) is 18.2 Å². The molecule has 1 aromatic rings. The summed E-state index contributed by atoms with van der Waals surface area (Å²) in [6.07, 6.45) is 0. The van der Waals surface area contributed by atoms with E-state index < -0.39 is 17.9 Å². The first-order valence-electron chi connectivity index (χ1n) is 5.70. The van der Waals surface area contributed by atoms with Crippen LogP contribution in [-0.4, -0.2) is 31.6 Å². The smallest absolute Gasteiger partial charge is 0.328 e. The summed E-state index contributed by atoms with van der Waals surface area (Å²) in [6.45, 7) is 3.19. The Hall–Kier alpha value is -1.75. The molecule has 1 atom stereocenters. The van der Waals surface area contributed by atoms with E-state index in [1.807, 2.05) is 6.92 Å². The van der Waals surface area contributed by atoms with Gasteiger partial charge in [0.25, 0.3) is 5.91 Å². The van der Waals surface area contributed by atoms with Crippen LogP contribution >= 0.6 is 11.6 Å². The maximum Gasteiger partial charge on any atom is 0.328 e. The van der Waals surface area contributed by atoms with Crippen molar-refractivity contribution >= 4 is 23.5 Å². The van der Waals surface area contributed by atoms with Gasteiger partial charge in [-0.25, -0.2) is 4.79 Å². The van der Waals surface area contributed by atoms with Crippen LogP contribution in [0.25, 0.3) is 0 Å². The molecule has 0 spiro atoms. The van der Waals surface area contributed by atoms with Gasteiger partial charge >= 0.3 is 5.97 Å². The second-order valence-electron chi connectivity index (χ2n) is 4.01. The molecular formula is C13H16ClNO4. The van der Waals surface area contributed by atoms with E-state index in [-0.39, 0.29) is 6.61 Å². The van der Waals surface area contributed by atoms with Crippen LogP contribution in [0.3, 0.4) is 0 Å². The molecule has 6 heteroatoms. The van der Waals surface area contributed by atoms with Gasteiger partial charge in [-0.15, -0.1) is 0 Å². The minimum absolute atomic E-state index is 0.177. The van der Waals surface area contributed by atoms with Gasteiger partial charge in [-0.3, -0.25) is 4.79 Å². The second-order valence-corrected chi connectivity index (χ2v) is 4.45. The minimum Gasteiger partial charge on any atom is -0.484 e. The summed E-state index contributed by atoms with van der Waals surface area (Å²) in [4.78, 5) is 22.7. The predicted octanol–water partition coefficient (Wildman–Crippen LogP) is 1.70. The Morgan fingerprint density at radius 2 is 2.11 bits per heavy atom. The molecule has 1 N–H and O–H groups in total. The van der Waals surface area contributed by atoms with E-state index in [9.17, 15) is 9.59 Å². The summed E-state index contributed by atoms with van der Waals surface area (Å²) in [7, 11) is 1.26. The molecule has 0 fully saturated rings. The number of hydrogen-bond acceptors (Lipinski definition) is 4. The maximum atomic E-state index is 11.6. The van der Waals surface area contributed by atoms with Crippen LogP contribution < -0.4 is 10.1 Å². The maximum absolute atomic E-state index is 11.6. The molecule has 5 nitrogen and oxygen atoms in total. The Labute approximate surface area is 116 Å². The van der Waals surface area contributed by atoms with Crippen LogP contribution in [0.5, 0.6) is 5.75 Å². The van der Waals surface area contributed by atoms with Crippen molar-refractivity contribution in [2.24, 2.45) is 0 Å². The van der Waals surface area contributed by atoms with Gasteiger partial charge in [-0.2, -0.15) is 0 Å². The first-order valence-corrected chi connectivity index (χ1v) is 6.08. The number of hydrogen-bond donors (Lipinski definition) is 1. The minimum atomic E-state index is -0.701. The SMILES string of the molecule is COC(=O)C(C)NC(=O)COc1ccc(Cl)cc1C. The average Bonchev–Trinajstić information content (AvgIpc) is 2.36. The number of ether oxygens (including phenoxy) is 2. The molecule has 0 aromatic heterocycles. The Bertz CT molecular complexity index is 476. The fraction of sp³-hybridized carbons (Fsp3) is 0.385. The number of benzene rings is 1. The van der Waals surface area contributed by atoms with Crippen LogP contribution in [0.4, 0.5) is 0 Å². The van der Waals surface area contributed by atoms with E-state index >= 15 is 0 Å². The number of carbonyl (C=O) groups excluding carboxylic acids is 2. The van der Waals surface area contributed by atoms with Crippen molar-refractivity contribution in [3.63, 3.8) is 0 Å². The topological polar surface area (TPSA) is 64.6 Å². The summed E-state index contributed by atoms with van der Waals surface area (Å²) in [6, 6.07) is 4.41. The van der Waals surface area contributed by atoms with Gasteiger partial charge < -0.3 is 14.8 Å². The molecule has 1 rings (SSSR count). The molecule has 0 heterocycles. The van der Waals surface area contributed by atoms with Crippen molar-refractivity contribution < 1.29 is 19.1 Å². The zero-order valence-electron chi connectivity index (χ0n) is 11.0. The fourth-order valence-corrected chi connectivity index (χ4v) is 1.66. The number of carbonyl (C=O) groups is 2. The number of nitrogens with one attached hydrogen (secondary N) is 1. The highest BCUT2D eigenvalue weighted by atomic mass is 35.5. The highest BCUT2D eigenvalue weighted by molar-refractivity contribution is 6.30. The summed E-state index contributed by atoms with van der Waals surface area (Å²) in [5.41, 5.74) is 0.835. The molecule has 1 aromatic carbocycles. The number of halogens is 1. The number of esters is 1. The Kier molecular flexibility index (Phi) is 5.63. The number of aryl methyl sites for hydroxylation is 1. The summed E-state index contributed by atoms with van der Waals surface area (Å²) in [5, 5.41) is 3.07. The molecule has 1 amide bonds. The molecule has 19 heavy (non-hydrogen) atoms. The molecule has 0 aliphatic carbocycles. The monoisotopic (exact) mass is 285 g/mol. The lowest BCUT2D eigenvalue weighted by Gasteiger charge is -2.13. The first kappa shape index (κ1) is 15.3. The van der Waals surface area contributed by atoms with Crippen molar-refractivity contribution in [1.82, 2.24) is 5.32 Å². The third-order valence-electron chi connectivity index (χ3n) is 2.43. The van der Waals surface area contributed by atoms with E-state index in [1.54, 1.807) is 18.2 Å². The largest absolute Gasteiger partial charge is 0.484 e. The summed E-state index contributed by atoms with van der Waals surface area (Å²) >= 11 is 5.81. The standard InChI is InChI=1S/C13H16ClNO4/c1-8-6-10(14)4-5-11(8)19-7-12(16)15-9(2)13(17)18-3/h4-6,9H,7H2,1-3H3,(H,15,16). The lowest BCUT2D eigenvalue weighted by atomic mass is 10.2. The summed E-state index contributed by atoms with van der Waals surface area (Å²) in [5.74, 6) is -0.325. The Balaban J connectivity index is 2.48. The quantitative estimate of drug-likeness (QED) is 0.837. The van der Waals surface area contributed by atoms with Gasteiger partial charge in [-0.05, 0) is 37.6 Å². The molecule has 104 valence electrons. The van der Waals surface area contributed by atoms with E-state index in [0.29, 0.717) is 10.8 Å². The highest BCUT2D eigenvalue weighted by Gasteiger charge is 2.16. The molecule has 0 aliphatic heterocycles. The third kappa shape index (κ3) is 4.79. The van der Waals surface area contributed by atoms with Crippen molar-refractivity contribution in [2.45, 2.75) is 19.9 Å². The second kappa shape index (κ2) is 6.99. The van der Waals surface area contributed by atoms with E-state index in [1.165, 1.54) is 14.0 Å². The number of methoxy groups -OCH3 is 1. The zero-order chi connectivity index (χ0) is 14.4. The van der Waals surface area contributed by atoms with E-state index in [2.05, 4.69) is 10.1 Å². The van der Waals surface area contributed by atoms with Crippen LogP contribution in [0, 0.1) is 6.92 Å². The average molecular weight is 286 g/mol. The molecule has 0 saturated heterocycles. The third-order valence-corrected chi connectivity index (χ3v) is 2.66. The van der Waals surface area contributed by atoms with Crippen LogP contribution in [0.1, 0.15) is 12.5 Å². The molecule has 0 saturated carbocycles. The lowest BCUT2D eigenvalue weighted by Crippen LogP contribution is -2.41. The van der Waals surface area contributed by atoms with Gasteiger partial charge in [0, 0.05) is 5.02 Å². The molecule has 0 bridgehead atoms. The van der Waals surface area contributed by atoms with Gasteiger partial charge in [-0.1, -0.05) is 11.6 Å². The van der Waals surface area contributed by atoms with Crippen molar-refractivity contribution in [2.75, 3.05) is 13.7 Å². The number of rotatable bonds is 5. The van der Waals surface area contributed by atoms with Crippen molar-refractivity contribution in [3.05, 3.63) is 28.8 Å². The Morgan fingerprint density at radius 1 is 1.42 bits per heavy atom. The Morgan fingerprint density at radius 3 is 2.68 bits per heavy atom. The molecular weight excluding hydrogens is 270 g/mol. The van der Waals surface area contributed by atoms with E-state index in [4.69, 9.17) is 16.3 Å². The van der Waals surface area contributed by atoms with Crippen molar-refractivity contribution in [1.29, 1.82) is 0 Å². The summed E-state index contributed by atoms with van der Waals surface area (Å²) < 4.78 is 9.84. The van der Waals surface area contributed by atoms with Crippen molar-refractivity contribution in [3.8, 4) is 5.75 Å². The molecule has 0 radical (unpaired) electrons. The fourth-order valence-electron chi connectivity index (χ4n) is 1.44. The first-order chi connectivity index (χ1) is 8.93. The van der Waals surface area contributed by atoms with Gasteiger partial charge in [0.05, 0.1) is 7.11 Å². The van der Waals surface area contributed by atoms with E-state index in [0.717, 1.165) is 5.56 Å². The van der Waals surface area contributed by atoms with Crippen LogP contribution in [-0.2, 0) is 14.3 Å². The number of amides is 1. The lowest BCUT2D eigenvalue weighted by molar-refractivity contribution is -0.144. The van der Waals surface area contributed by atoms with Gasteiger partial charge in [0.1, 0.15) is 11.8 Å². The highest BCUT2D eigenvalue weighted by Crippen LogP contribution is 2.21. The normalized spacial score (nSPS) is 11.6. The molecule has 0 aliphatic rings. The van der Waals surface area contributed by atoms with Crippen LogP contribution in [0.2, 0.25) is 5.02 Å². The predicted molar refractivity (Wildman–Crippen MR) is 71.3 cm³/mol. The van der Waals surface area contributed by atoms with Gasteiger partial charge in [0.15, 0.2) is 6.61 Å².